The van der Waals surface area contributed by atoms with Crippen LogP contribution in [0.5, 0.6) is 5.88 Å². The van der Waals surface area contributed by atoms with Crippen molar-refractivity contribution in [3.8, 4) is 17.1 Å². The molecule has 0 unspecified atom stereocenters. The summed E-state index contributed by atoms with van der Waals surface area (Å²) in [7, 11) is 2.86. The minimum Gasteiger partial charge on any atom is -0.481 e. The predicted octanol–water partition coefficient (Wildman–Crippen LogP) is 2.54. The van der Waals surface area contributed by atoms with E-state index in [1.807, 2.05) is 30.3 Å². The van der Waals surface area contributed by atoms with Crippen molar-refractivity contribution in [3.05, 3.63) is 48.0 Å². The Morgan fingerprint density at radius 2 is 1.83 bits per heavy atom. The van der Waals surface area contributed by atoms with Gasteiger partial charge in [0.05, 0.1) is 25.5 Å². The van der Waals surface area contributed by atoms with Crippen LogP contribution in [0.15, 0.2) is 42.5 Å². The molecule has 1 aromatic heterocycles. The molecule has 4 nitrogen and oxygen atoms in total. The lowest BCUT2D eigenvalue weighted by Crippen LogP contribution is -2.03. The number of hydrogen-bond acceptors (Lipinski definition) is 4. The summed E-state index contributed by atoms with van der Waals surface area (Å²) in [6.45, 7) is 0. The van der Waals surface area contributed by atoms with Crippen LogP contribution in [0.4, 0.5) is 0 Å². The molecule has 18 heavy (non-hydrogen) atoms. The summed E-state index contributed by atoms with van der Waals surface area (Å²) >= 11 is 0. The maximum atomic E-state index is 11.6. The second-order valence-corrected chi connectivity index (χ2v) is 3.64. The van der Waals surface area contributed by atoms with Gasteiger partial charge >= 0.3 is 5.97 Å². The number of esters is 1. The van der Waals surface area contributed by atoms with Gasteiger partial charge in [0.2, 0.25) is 5.88 Å². The molecule has 1 aromatic carbocycles. The molecule has 0 radical (unpaired) electrons. The molecule has 0 fully saturated rings. The van der Waals surface area contributed by atoms with Crippen molar-refractivity contribution in [1.82, 2.24) is 4.98 Å². The molecule has 0 saturated heterocycles. The average Bonchev–Trinajstić information content (AvgIpc) is 2.46. The number of methoxy groups -OCH3 is 2. The maximum absolute atomic E-state index is 11.6. The van der Waals surface area contributed by atoms with Gasteiger partial charge in [-0.05, 0) is 6.07 Å². The lowest BCUT2D eigenvalue weighted by Gasteiger charge is -2.07. The third kappa shape index (κ3) is 2.48. The Hall–Kier alpha value is -2.36. The van der Waals surface area contributed by atoms with Crippen LogP contribution in [-0.2, 0) is 4.74 Å². The SMILES string of the molecule is COC(=O)c1cc(OC)nc(-c2ccccc2)c1. The zero-order chi connectivity index (χ0) is 13.0. The fourth-order valence-electron chi connectivity index (χ4n) is 1.60. The molecular formula is C14H13NO3. The van der Waals surface area contributed by atoms with E-state index in [0.29, 0.717) is 17.1 Å². The third-order valence-electron chi connectivity index (χ3n) is 2.50. The van der Waals surface area contributed by atoms with E-state index in [4.69, 9.17) is 9.47 Å². The maximum Gasteiger partial charge on any atom is 0.338 e. The van der Waals surface area contributed by atoms with Crippen LogP contribution in [0.3, 0.4) is 0 Å². The molecule has 92 valence electrons. The minimum atomic E-state index is -0.409. The summed E-state index contributed by atoms with van der Waals surface area (Å²) in [5.41, 5.74) is 2.01. The summed E-state index contributed by atoms with van der Waals surface area (Å²) in [5.74, 6) is -0.0235. The van der Waals surface area contributed by atoms with Crippen LogP contribution in [0, 0.1) is 0 Å². The number of ether oxygens (including phenoxy) is 2. The molecular weight excluding hydrogens is 230 g/mol. The molecule has 0 bridgehead atoms. The number of nitrogens with zero attached hydrogens (tertiary/aromatic N) is 1. The number of carbonyl (C=O) groups excluding carboxylic acids is 1. The highest BCUT2D eigenvalue weighted by atomic mass is 16.5. The molecule has 0 aliphatic rings. The van der Waals surface area contributed by atoms with Gasteiger partial charge in [-0.1, -0.05) is 30.3 Å². The quantitative estimate of drug-likeness (QED) is 0.777. The van der Waals surface area contributed by atoms with Crippen LogP contribution in [-0.4, -0.2) is 25.2 Å². The minimum absolute atomic E-state index is 0.386. The lowest BCUT2D eigenvalue weighted by molar-refractivity contribution is 0.0600. The van der Waals surface area contributed by atoms with Crippen molar-refractivity contribution in [2.45, 2.75) is 0 Å². The molecule has 0 amide bonds. The van der Waals surface area contributed by atoms with E-state index >= 15 is 0 Å². The molecule has 4 heteroatoms. The van der Waals surface area contributed by atoms with Gasteiger partial charge < -0.3 is 9.47 Å². The summed E-state index contributed by atoms with van der Waals surface area (Å²) in [6, 6.07) is 12.8. The van der Waals surface area contributed by atoms with E-state index in [9.17, 15) is 4.79 Å². The normalized spacial score (nSPS) is 9.89. The Labute approximate surface area is 105 Å². The van der Waals surface area contributed by atoms with Gasteiger partial charge in [0.25, 0.3) is 0 Å². The first-order valence-corrected chi connectivity index (χ1v) is 5.44. The summed E-state index contributed by atoms with van der Waals surface area (Å²) in [4.78, 5) is 15.9. The Morgan fingerprint density at radius 3 is 2.44 bits per heavy atom. The van der Waals surface area contributed by atoms with Crippen LogP contribution < -0.4 is 4.74 Å². The predicted molar refractivity (Wildman–Crippen MR) is 67.6 cm³/mol. The average molecular weight is 243 g/mol. The van der Waals surface area contributed by atoms with Crippen LogP contribution in [0.1, 0.15) is 10.4 Å². The highest BCUT2D eigenvalue weighted by molar-refractivity contribution is 5.91. The largest absolute Gasteiger partial charge is 0.481 e. The van der Waals surface area contributed by atoms with Crippen molar-refractivity contribution in [1.29, 1.82) is 0 Å². The molecule has 0 atom stereocenters. The number of carbonyl (C=O) groups is 1. The Bertz CT molecular complexity index is 552. The third-order valence-corrected chi connectivity index (χ3v) is 2.50. The fourth-order valence-corrected chi connectivity index (χ4v) is 1.60. The van der Waals surface area contributed by atoms with E-state index in [1.54, 1.807) is 12.1 Å². The lowest BCUT2D eigenvalue weighted by atomic mass is 10.1. The number of benzene rings is 1. The van der Waals surface area contributed by atoms with E-state index in [2.05, 4.69) is 4.98 Å². The first-order valence-electron chi connectivity index (χ1n) is 5.44. The molecule has 0 aliphatic carbocycles. The second kappa shape index (κ2) is 5.31. The molecule has 2 aromatic rings. The van der Waals surface area contributed by atoms with E-state index < -0.39 is 5.97 Å². The highest BCUT2D eigenvalue weighted by Crippen LogP contribution is 2.22. The van der Waals surface area contributed by atoms with Crippen LogP contribution in [0.2, 0.25) is 0 Å². The van der Waals surface area contributed by atoms with Crippen molar-refractivity contribution < 1.29 is 14.3 Å². The first kappa shape index (κ1) is 12.1. The molecule has 0 spiro atoms. The Balaban J connectivity index is 2.51. The standard InChI is InChI=1S/C14H13NO3/c1-17-13-9-11(14(16)18-2)8-12(15-13)10-6-4-3-5-7-10/h3-9H,1-2H3. The van der Waals surface area contributed by atoms with Gasteiger partial charge in [-0.15, -0.1) is 0 Å². The number of rotatable bonds is 3. The van der Waals surface area contributed by atoms with Crippen molar-refractivity contribution in [3.63, 3.8) is 0 Å². The molecule has 0 saturated carbocycles. The van der Waals surface area contributed by atoms with E-state index in [0.717, 1.165) is 5.56 Å². The summed E-state index contributed by atoms with van der Waals surface area (Å²) < 4.78 is 9.80. The van der Waals surface area contributed by atoms with E-state index in [1.165, 1.54) is 14.2 Å². The monoisotopic (exact) mass is 243 g/mol. The van der Waals surface area contributed by atoms with E-state index in [-0.39, 0.29) is 0 Å². The number of pyridine rings is 1. The van der Waals surface area contributed by atoms with Gasteiger partial charge in [0, 0.05) is 11.6 Å². The van der Waals surface area contributed by atoms with Crippen molar-refractivity contribution >= 4 is 5.97 Å². The molecule has 0 N–H and O–H groups in total. The smallest absolute Gasteiger partial charge is 0.338 e. The van der Waals surface area contributed by atoms with Crippen molar-refractivity contribution in [2.75, 3.05) is 14.2 Å². The van der Waals surface area contributed by atoms with Gasteiger partial charge in [-0.25, -0.2) is 9.78 Å². The molecule has 1 heterocycles. The number of hydrogen-bond donors (Lipinski definition) is 0. The number of aromatic nitrogens is 1. The second-order valence-electron chi connectivity index (χ2n) is 3.64. The van der Waals surface area contributed by atoms with Crippen LogP contribution in [0.25, 0.3) is 11.3 Å². The molecule has 0 aliphatic heterocycles. The topological polar surface area (TPSA) is 48.4 Å². The first-order chi connectivity index (χ1) is 8.74. The zero-order valence-electron chi connectivity index (χ0n) is 10.2. The van der Waals surface area contributed by atoms with Gasteiger partial charge in [0.15, 0.2) is 0 Å². The van der Waals surface area contributed by atoms with Gasteiger partial charge in [0.1, 0.15) is 0 Å². The van der Waals surface area contributed by atoms with Gasteiger partial charge in [-0.3, -0.25) is 0 Å². The van der Waals surface area contributed by atoms with Crippen LogP contribution >= 0.6 is 0 Å². The highest BCUT2D eigenvalue weighted by Gasteiger charge is 2.11. The Morgan fingerprint density at radius 1 is 1.11 bits per heavy atom. The molecule has 2 rings (SSSR count). The van der Waals surface area contributed by atoms with Gasteiger partial charge in [-0.2, -0.15) is 0 Å². The summed E-state index contributed by atoms with van der Waals surface area (Å²) in [5, 5.41) is 0. The zero-order valence-corrected chi connectivity index (χ0v) is 10.2. The Kier molecular flexibility index (Phi) is 3.57. The van der Waals surface area contributed by atoms with Crippen molar-refractivity contribution in [2.24, 2.45) is 0 Å². The summed E-state index contributed by atoms with van der Waals surface area (Å²) in [6.07, 6.45) is 0. The fraction of sp³-hybridized carbons (Fsp3) is 0.143.